The summed E-state index contributed by atoms with van der Waals surface area (Å²) >= 11 is 0. The van der Waals surface area contributed by atoms with Gasteiger partial charge in [-0.15, -0.1) is 0 Å². The van der Waals surface area contributed by atoms with Crippen LogP contribution in [-0.2, 0) is 12.5 Å². The predicted octanol–water partition coefficient (Wildman–Crippen LogP) is 4.56. The maximum Gasteiger partial charge on any atom is 0.333 e. The van der Waals surface area contributed by atoms with Gasteiger partial charge in [-0.3, -0.25) is 23.9 Å². The molecule has 42 heavy (non-hydrogen) atoms. The molecule has 3 aromatic heterocycles. The Morgan fingerprint density at radius 2 is 1.69 bits per heavy atom. The van der Waals surface area contributed by atoms with Gasteiger partial charge in [0.2, 0.25) is 0 Å². The van der Waals surface area contributed by atoms with E-state index in [9.17, 15) is 14.9 Å². The van der Waals surface area contributed by atoms with Crippen LogP contribution < -0.4 is 11.0 Å². The second-order valence-electron chi connectivity index (χ2n) is 11.7. The maximum atomic E-state index is 13.5. The summed E-state index contributed by atoms with van der Waals surface area (Å²) in [5.74, 6) is -0.155. The molecule has 2 aromatic carbocycles. The minimum atomic E-state index is -0.634. The van der Waals surface area contributed by atoms with E-state index < -0.39 is 5.41 Å². The molecule has 4 heterocycles. The van der Waals surface area contributed by atoms with E-state index in [0.29, 0.717) is 16.9 Å². The van der Waals surface area contributed by atoms with Gasteiger partial charge in [-0.2, -0.15) is 5.26 Å². The van der Waals surface area contributed by atoms with Gasteiger partial charge in [-0.05, 0) is 88.3 Å². The zero-order chi connectivity index (χ0) is 29.6. The third-order valence-corrected chi connectivity index (χ3v) is 8.39. The minimum Gasteiger partial charge on any atom is -0.348 e. The van der Waals surface area contributed by atoms with Gasteiger partial charge in [0.25, 0.3) is 5.91 Å². The molecule has 9 nitrogen and oxygen atoms in total. The molecule has 1 amide bonds. The zero-order valence-electron chi connectivity index (χ0n) is 24.3. The predicted molar refractivity (Wildman–Crippen MR) is 164 cm³/mol. The number of imidazole rings is 1. The molecule has 0 aliphatic carbocycles. The fraction of sp³-hybridized carbons (Fsp3) is 0.303. The van der Waals surface area contributed by atoms with Gasteiger partial charge in [0.1, 0.15) is 5.69 Å². The summed E-state index contributed by atoms with van der Waals surface area (Å²) in [6.45, 7) is 5.69. The molecule has 0 radical (unpaired) electrons. The summed E-state index contributed by atoms with van der Waals surface area (Å²) < 4.78 is 3.29. The molecule has 1 fully saturated rings. The largest absolute Gasteiger partial charge is 0.348 e. The summed E-state index contributed by atoms with van der Waals surface area (Å²) in [5, 5.41) is 13.5. The van der Waals surface area contributed by atoms with Crippen molar-refractivity contribution < 1.29 is 4.79 Å². The van der Waals surface area contributed by atoms with Crippen molar-refractivity contribution >= 4 is 27.8 Å². The van der Waals surface area contributed by atoms with Crippen molar-refractivity contribution in [3.8, 4) is 22.9 Å². The first-order valence-electron chi connectivity index (χ1n) is 14.1. The van der Waals surface area contributed by atoms with Crippen LogP contribution in [0.2, 0.25) is 0 Å². The number of pyridine rings is 2. The van der Waals surface area contributed by atoms with Crippen molar-refractivity contribution in [2.45, 2.75) is 38.1 Å². The van der Waals surface area contributed by atoms with Crippen LogP contribution in [0.15, 0.2) is 71.8 Å². The van der Waals surface area contributed by atoms with Crippen molar-refractivity contribution in [2.75, 3.05) is 20.1 Å². The molecular weight excluding hydrogens is 526 g/mol. The number of rotatable bonds is 5. The van der Waals surface area contributed by atoms with E-state index in [1.54, 1.807) is 34.6 Å². The monoisotopic (exact) mass is 559 g/mol. The Kier molecular flexibility index (Phi) is 6.87. The number of piperidine rings is 1. The topological polar surface area (TPSA) is 109 Å². The first-order chi connectivity index (χ1) is 20.2. The number of carbonyl (C=O) groups excluding carboxylic acids is 1. The summed E-state index contributed by atoms with van der Waals surface area (Å²) in [4.78, 5) is 37.7. The minimum absolute atomic E-state index is 0.155. The smallest absolute Gasteiger partial charge is 0.333 e. The van der Waals surface area contributed by atoms with Gasteiger partial charge in [0, 0.05) is 30.2 Å². The number of aryl methyl sites for hydroxylation is 1. The second-order valence-corrected chi connectivity index (χ2v) is 11.7. The highest BCUT2D eigenvalue weighted by molar-refractivity contribution is 6.04. The number of nitriles is 1. The Morgan fingerprint density at radius 1 is 0.976 bits per heavy atom. The summed E-state index contributed by atoms with van der Waals surface area (Å²) in [7, 11) is 3.84. The Hall–Kier alpha value is -4.81. The first kappa shape index (κ1) is 27.4. The number of benzene rings is 2. The number of nitrogens with zero attached hydrogens (tertiary/aromatic N) is 6. The lowest BCUT2D eigenvalue weighted by Gasteiger charge is -2.29. The summed E-state index contributed by atoms with van der Waals surface area (Å²) in [5.41, 5.74) is 5.16. The molecule has 0 saturated carbocycles. The average molecular weight is 560 g/mol. The standard InChI is InChI=1S/C33H33N7O2/c1-33(2,20-34)23-7-9-25(10-8-23)40-30-26-17-21(5-11-27(26)36-19-29(30)39(4)32(40)42)22-6-12-28(35-18-22)31(41)37-24-13-15-38(3)16-14-24/h5-12,17-19,24H,13-16H2,1-4H3,(H,37,41). The number of hydrogen-bond acceptors (Lipinski definition) is 6. The number of fused-ring (bicyclic) bond motifs is 3. The van der Waals surface area contributed by atoms with Crippen LogP contribution in [0.5, 0.6) is 0 Å². The molecule has 0 bridgehead atoms. The second kappa shape index (κ2) is 10.5. The quantitative estimate of drug-likeness (QED) is 0.338. The third-order valence-electron chi connectivity index (χ3n) is 8.39. The molecule has 1 saturated heterocycles. The number of amides is 1. The number of hydrogen-bond donors (Lipinski definition) is 1. The molecule has 1 aliphatic rings. The van der Waals surface area contributed by atoms with E-state index >= 15 is 0 Å². The van der Waals surface area contributed by atoms with E-state index in [-0.39, 0.29) is 17.6 Å². The van der Waals surface area contributed by atoms with Crippen LogP contribution in [0.1, 0.15) is 42.7 Å². The highest BCUT2D eigenvalue weighted by Crippen LogP contribution is 2.30. The van der Waals surface area contributed by atoms with Crippen molar-refractivity contribution in [1.29, 1.82) is 5.26 Å². The maximum absolute atomic E-state index is 13.5. The van der Waals surface area contributed by atoms with Crippen LogP contribution >= 0.6 is 0 Å². The lowest BCUT2D eigenvalue weighted by Crippen LogP contribution is -2.43. The van der Waals surface area contributed by atoms with E-state index in [0.717, 1.165) is 59.0 Å². The fourth-order valence-corrected chi connectivity index (χ4v) is 5.62. The molecule has 212 valence electrons. The van der Waals surface area contributed by atoms with Gasteiger partial charge >= 0.3 is 5.69 Å². The van der Waals surface area contributed by atoms with Crippen LogP contribution in [0.4, 0.5) is 0 Å². The number of aromatic nitrogens is 4. The molecule has 1 aliphatic heterocycles. The van der Waals surface area contributed by atoms with Crippen molar-refractivity contribution in [2.24, 2.45) is 7.05 Å². The van der Waals surface area contributed by atoms with Gasteiger partial charge in [0.15, 0.2) is 0 Å². The van der Waals surface area contributed by atoms with Crippen LogP contribution in [-0.4, -0.2) is 56.1 Å². The fourth-order valence-electron chi connectivity index (χ4n) is 5.62. The van der Waals surface area contributed by atoms with Crippen LogP contribution in [0.25, 0.3) is 38.8 Å². The average Bonchev–Trinajstić information content (AvgIpc) is 3.27. The van der Waals surface area contributed by atoms with Crippen molar-refractivity contribution in [3.05, 3.63) is 88.7 Å². The van der Waals surface area contributed by atoms with Crippen LogP contribution in [0.3, 0.4) is 0 Å². The van der Waals surface area contributed by atoms with E-state index in [4.69, 9.17) is 0 Å². The molecule has 5 aromatic rings. The summed E-state index contributed by atoms with van der Waals surface area (Å²) in [6.07, 6.45) is 5.31. The zero-order valence-corrected chi connectivity index (χ0v) is 24.3. The number of carbonyl (C=O) groups is 1. The van der Waals surface area contributed by atoms with E-state index in [2.05, 4.69) is 33.3 Å². The molecule has 0 unspecified atom stereocenters. The SMILES string of the molecule is CN1CCC(NC(=O)c2ccc(-c3ccc4ncc5c(c4c3)n(-c3ccc(C(C)(C)C#N)cc3)c(=O)n5C)cn2)CC1. The van der Waals surface area contributed by atoms with Crippen LogP contribution in [0, 0.1) is 11.3 Å². The molecule has 0 atom stereocenters. The Labute approximate surface area is 244 Å². The lowest BCUT2D eigenvalue weighted by molar-refractivity contribution is 0.0912. The van der Waals surface area contributed by atoms with Crippen molar-refractivity contribution in [1.82, 2.24) is 29.3 Å². The van der Waals surface area contributed by atoms with Gasteiger partial charge in [-0.25, -0.2) is 4.79 Å². The Bertz CT molecular complexity index is 1900. The molecule has 1 N–H and O–H groups in total. The summed E-state index contributed by atoms with van der Waals surface area (Å²) in [6, 6.07) is 19.6. The first-order valence-corrected chi connectivity index (χ1v) is 14.1. The highest BCUT2D eigenvalue weighted by Gasteiger charge is 2.22. The van der Waals surface area contributed by atoms with Gasteiger partial charge in [0.05, 0.1) is 39.9 Å². The highest BCUT2D eigenvalue weighted by atomic mass is 16.2. The Balaban J connectivity index is 1.37. The lowest BCUT2D eigenvalue weighted by atomic mass is 9.86. The van der Waals surface area contributed by atoms with Crippen molar-refractivity contribution in [3.63, 3.8) is 0 Å². The molecular formula is C33H33N7O2. The van der Waals surface area contributed by atoms with Gasteiger partial charge < -0.3 is 10.2 Å². The molecule has 6 rings (SSSR count). The normalized spacial score (nSPS) is 14.7. The number of likely N-dealkylation sites (tertiary alicyclic amines) is 1. The molecule has 0 spiro atoms. The van der Waals surface area contributed by atoms with E-state index in [1.165, 1.54) is 0 Å². The van der Waals surface area contributed by atoms with Gasteiger partial charge in [-0.1, -0.05) is 24.3 Å². The number of nitrogens with one attached hydrogen (secondary N) is 1. The molecule has 9 heteroatoms. The Morgan fingerprint density at radius 3 is 2.36 bits per heavy atom. The third kappa shape index (κ3) is 4.84. The van der Waals surface area contributed by atoms with E-state index in [1.807, 2.05) is 62.4 Å².